The van der Waals surface area contributed by atoms with Gasteiger partial charge < -0.3 is 5.11 Å². The smallest absolute Gasteiger partial charge is 0.129 e. The summed E-state index contributed by atoms with van der Waals surface area (Å²) >= 11 is 3.19. The Morgan fingerprint density at radius 3 is 2.67 bits per heavy atom. The molecule has 0 aliphatic carbocycles. The highest BCUT2D eigenvalue weighted by molar-refractivity contribution is 9.10. The van der Waals surface area contributed by atoms with Gasteiger partial charge in [-0.1, -0.05) is 15.9 Å². The van der Waals surface area contributed by atoms with Crippen molar-refractivity contribution in [3.8, 4) is 6.07 Å². The van der Waals surface area contributed by atoms with E-state index in [0.717, 1.165) is 0 Å². The number of rotatable bonds is 2. The van der Waals surface area contributed by atoms with Crippen LogP contribution in [-0.2, 0) is 0 Å². The van der Waals surface area contributed by atoms with Crippen LogP contribution >= 0.6 is 15.9 Å². The van der Waals surface area contributed by atoms with E-state index in [4.69, 9.17) is 5.26 Å². The van der Waals surface area contributed by atoms with E-state index in [1.165, 1.54) is 12.1 Å². The Hall–Kier alpha value is -0.920. The Kier molecular flexibility index (Phi) is 3.48. The van der Waals surface area contributed by atoms with E-state index in [-0.39, 0.29) is 5.56 Å². The van der Waals surface area contributed by atoms with Gasteiger partial charge in [0.1, 0.15) is 5.82 Å². The van der Waals surface area contributed by atoms with Crippen molar-refractivity contribution in [1.82, 2.24) is 0 Å². The van der Waals surface area contributed by atoms with Crippen LogP contribution in [0.2, 0.25) is 0 Å². The normalized spacial score (nSPS) is 13.3. The lowest BCUT2D eigenvalue weighted by Crippen LogP contribution is -2.20. The molecule has 80 valence electrons. The molecule has 1 aromatic rings. The minimum absolute atomic E-state index is 0.135. The number of hydrogen-bond donors (Lipinski definition) is 1. The minimum Gasteiger partial charge on any atom is -0.387 e. The molecule has 0 amide bonds. The van der Waals surface area contributed by atoms with E-state index in [0.29, 0.717) is 4.47 Å². The lowest BCUT2D eigenvalue weighted by atomic mass is 9.84. The first-order chi connectivity index (χ1) is 6.88. The van der Waals surface area contributed by atoms with E-state index in [2.05, 4.69) is 15.9 Å². The summed E-state index contributed by atoms with van der Waals surface area (Å²) in [6, 6.07) is 6.25. The van der Waals surface area contributed by atoms with E-state index in [9.17, 15) is 9.50 Å². The van der Waals surface area contributed by atoms with Crippen LogP contribution in [0.5, 0.6) is 0 Å². The SMILES string of the molecule is CC(C)(C#N)C(O)c1cc(Br)ccc1F. The summed E-state index contributed by atoms with van der Waals surface area (Å²) in [5.41, 5.74) is -0.877. The third-order valence-electron chi connectivity index (χ3n) is 2.22. The van der Waals surface area contributed by atoms with Crippen LogP contribution in [-0.4, -0.2) is 5.11 Å². The molecule has 0 saturated heterocycles. The van der Waals surface area contributed by atoms with Gasteiger partial charge in [0.05, 0.1) is 17.6 Å². The zero-order valence-electron chi connectivity index (χ0n) is 8.46. The lowest BCUT2D eigenvalue weighted by Gasteiger charge is -2.23. The quantitative estimate of drug-likeness (QED) is 0.898. The number of nitrogens with zero attached hydrogens (tertiary/aromatic N) is 1. The molecule has 0 heterocycles. The number of hydrogen-bond acceptors (Lipinski definition) is 2. The summed E-state index contributed by atoms with van der Waals surface area (Å²) in [5, 5.41) is 18.7. The molecule has 1 unspecified atom stereocenters. The molecule has 0 aromatic heterocycles. The maximum Gasteiger partial charge on any atom is 0.129 e. The summed E-state index contributed by atoms with van der Waals surface area (Å²) in [6.07, 6.45) is -1.14. The van der Waals surface area contributed by atoms with Crippen molar-refractivity contribution < 1.29 is 9.50 Å². The Morgan fingerprint density at radius 2 is 2.13 bits per heavy atom. The second-order valence-electron chi connectivity index (χ2n) is 3.90. The van der Waals surface area contributed by atoms with Crippen molar-refractivity contribution in [2.75, 3.05) is 0 Å². The monoisotopic (exact) mass is 271 g/mol. The molecule has 0 aliphatic heterocycles. The maximum absolute atomic E-state index is 13.4. The third-order valence-corrected chi connectivity index (χ3v) is 2.72. The van der Waals surface area contributed by atoms with Gasteiger partial charge in [-0.15, -0.1) is 0 Å². The second kappa shape index (κ2) is 4.30. The predicted octanol–water partition coefficient (Wildman–Crippen LogP) is 3.17. The van der Waals surface area contributed by atoms with Gasteiger partial charge in [-0.25, -0.2) is 4.39 Å². The Labute approximate surface area is 96.5 Å². The molecular weight excluding hydrogens is 261 g/mol. The van der Waals surface area contributed by atoms with E-state index >= 15 is 0 Å². The first-order valence-electron chi connectivity index (χ1n) is 4.43. The van der Waals surface area contributed by atoms with Crippen molar-refractivity contribution in [1.29, 1.82) is 5.26 Å². The first kappa shape index (κ1) is 12.2. The number of benzene rings is 1. The maximum atomic E-state index is 13.4. The van der Waals surface area contributed by atoms with Gasteiger partial charge in [0, 0.05) is 10.0 Å². The number of halogens is 2. The van der Waals surface area contributed by atoms with Gasteiger partial charge in [-0.3, -0.25) is 0 Å². The van der Waals surface area contributed by atoms with Crippen molar-refractivity contribution in [3.63, 3.8) is 0 Å². The molecule has 0 aliphatic rings. The Bertz CT molecular complexity index is 412. The minimum atomic E-state index is -1.14. The highest BCUT2D eigenvalue weighted by atomic mass is 79.9. The fourth-order valence-corrected chi connectivity index (χ4v) is 1.55. The first-order valence-corrected chi connectivity index (χ1v) is 5.22. The molecular formula is C11H11BrFNO. The molecule has 0 fully saturated rings. The summed E-state index contributed by atoms with van der Waals surface area (Å²) < 4.78 is 14.1. The lowest BCUT2D eigenvalue weighted by molar-refractivity contribution is 0.0832. The Morgan fingerprint density at radius 1 is 1.53 bits per heavy atom. The van der Waals surface area contributed by atoms with Crippen LogP contribution in [0.3, 0.4) is 0 Å². The third kappa shape index (κ3) is 2.55. The zero-order chi connectivity index (χ0) is 11.6. The molecule has 1 rings (SSSR count). The van der Waals surface area contributed by atoms with Gasteiger partial charge in [-0.2, -0.15) is 5.26 Å². The molecule has 15 heavy (non-hydrogen) atoms. The number of nitriles is 1. The molecule has 0 saturated carbocycles. The molecule has 0 radical (unpaired) electrons. The summed E-state index contributed by atoms with van der Waals surface area (Å²) in [5.74, 6) is -0.506. The molecule has 4 heteroatoms. The van der Waals surface area contributed by atoms with Crippen LogP contribution in [0.4, 0.5) is 4.39 Å². The summed E-state index contributed by atoms with van der Waals surface area (Å²) in [7, 11) is 0. The van der Waals surface area contributed by atoms with Crippen molar-refractivity contribution in [2.24, 2.45) is 5.41 Å². The Balaban J connectivity index is 3.17. The van der Waals surface area contributed by atoms with Crippen LogP contribution in [0.25, 0.3) is 0 Å². The fraction of sp³-hybridized carbons (Fsp3) is 0.364. The van der Waals surface area contributed by atoms with Crippen molar-refractivity contribution in [2.45, 2.75) is 20.0 Å². The van der Waals surface area contributed by atoms with Gasteiger partial charge in [0.25, 0.3) is 0 Å². The highest BCUT2D eigenvalue weighted by Crippen LogP contribution is 2.34. The van der Waals surface area contributed by atoms with Gasteiger partial charge >= 0.3 is 0 Å². The summed E-state index contributed by atoms with van der Waals surface area (Å²) in [6.45, 7) is 3.13. The topological polar surface area (TPSA) is 44.0 Å². The van der Waals surface area contributed by atoms with Gasteiger partial charge in [0.2, 0.25) is 0 Å². The average molecular weight is 272 g/mol. The van der Waals surface area contributed by atoms with E-state index in [1.54, 1.807) is 19.9 Å². The molecule has 1 atom stereocenters. The predicted molar refractivity (Wildman–Crippen MR) is 58.5 cm³/mol. The van der Waals surface area contributed by atoms with Crippen molar-refractivity contribution >= 4 is 15.9 Å². The molecule has 1 aromatic carbocycles. The second-order valence-corrected chi connectivity index (χ2v) is 4.82. The summed E-state index contributed by atoms with van der Waals surface area (Å²) in [4.78, 5) is 0. The molecule has 2 nitrogen and oxygen atoms in total. The van der Waals surface area contributed by atoms with E-state index < -0.39 is 17.3 Å². The van der Waals surface area contributed by atoms with Crippen molar-refractivity contribution in [3.05, 3.63) is 34.1 Å². The van der Waals surface area contributed by atoms with Crippen LogP contribution < -0.4 is 0 Å². The van der Waals surface area contributed by atoms with Gasteiger partial charge in [0.15, 0.2) is 0 Å². The van der Waals surface area contributed by atoms with Gasteiger partial charge in [-0.05, 0) is 32.0 Å². The fourth-order valence-electron chi connectivity index (χ4n) is 1.17. The zero-order valence-corrected chi connectivity index (χ0v) is 10.0. The van der Waals surface area contributed by atoms with Crippen LogP contribution in [0.15, 0.2) is 22.7 Å². The number of aliphatic hydroxyl groups is 1. The molecule has 0 spiro atoms. The highest BCUT2D eigenvalue weighted by Gasteiger charge is 2.31. The van der Waals surface area contributed by atoms with Crippen LogP contribution in [0, 0.1) is 22.6 Å². The van der Waals surface area contributed by atoms with E-state index in [1.807, 2.05) is 6.07 Å². The molecule has 0 bridgehead atoms. The number of aliphatic hydroxyl groups excluding tert-OH is 1. The average Bonchev–Trinajstić information content (AvgIpc) is 2.20. The van der Waals surface area contributed by atoms with Crippen LogP contribution in [0.1, 0.15) is 25.5 Å². The largest absolute Gasteiger partial charge is 0.387 e. The standard InChI is InChI=1S/C11H11BrFNO/c1-11(2,6-14)10(15)8-5-7(12)3-4-9(8)13/h3-5,10,15H,1-2H3. The molecule has 1 N–H and O–H groups in total.